The molecular formula is C20H20N2O3. The van der Waals surface area contributed by atoms with E-state index in [1.165, 1.54) is 4.90 Å². The van der Waals surface area contributed by atoms with Crippen LogP contribution in [0.15, 0.2) is 60.8 Å². The van der Waals surface area contributed by atoms with Crippen LogP contribution in [0.2, 0.25) is 0 Å². The summed E-state index contributed by atoms with van der Waals surface area (Å²) >= 11 is 0. The molecule has 5 nitrogen and oxygen atoms in total. The Morgan fingerprint density at radius 1 is 1.20 bits per heavy atom. The molecule has 0 saturated heterocycles. The van der Waals surface area contributed by atoms with Gasteiger partial charge in [-0.1, -0.05) is 30.3 Å². The topological polar surface area (TPSA) is 62.7 Å². The van der Waals surface area contributed by atoms with Crippen LogP contribution in [0.3, 0.4) is 0 Å². The fourth-order valence-electron chi connectivity index (χ4n) is 2.69. The fraction of sp³-hybridized carbons (Fsp3) is 0.200. The lowest BCUT2D eigenvalue weighted by Crippen LogP contribution is -2.31. The Morgan fingerprint density at radius 2 is 1.92 bits per heavy atom. The summed E-state index contributed by atoms with van der Waals surface area (Å²) in [7, 11) is 3.24. The summed E-state index contributed by atoms with van der Waals surface area (Å²) in [5.74, 6) is 0.317. The number of para-hydroxylation sites is 1. The summed E-state index contributed by atoms with van der Waals surface area (Å²) in [6.45, 7) is 0.379. The number of likely N-dealkylation sites (N-methyl/N-ethyl adjacent to an activating group) is 1. The molecule has 0 fully saturated rings. The van der Waals surface area contributed by atoms with E-state index in [0.717, 1.165) is 16.5 Å². The second-order valence-electron chi connectivity index (χ2n) is 5.91. The summed E-state index contributed by atoms with van der Waals surface area (Å²) in [6, 6.07) is 16.6. The summed E-state index contributed by atoms with van der Waals surface area (Å²) in [6.07, 6.45) is 0.551. The van der Waals surface area contributed by atoms with Crippen LogP contribution in [0.4, 0.5) is 0 Å². The number of carbonyl (C=O) groups excluding carboxylic acids is 1. The molecule has 128 valence electrons. The largest absolute Gasteiger partial charge is 0.497 e. The number of aliphatic hydroxyl groups is 1. The number of hydrogen-bond donors (Lipinski definition) is 1. The van der Waals surface area contributed by atoms with Crippen LogP contribution in [0.25, 0.3) is 10.9 Å². The van der Waals surface area contributed by atoms with Crippen molar-refractivity contribution in [3.05, 3.63) is 71.9 Å². The molecule has 3 aromatic rings. The van der Waals surface area contributed by atoms with Crippen LogP contribution in [0.1, 0.15) is 17.2 Å². The van der Waals surface area contributed by atoms with Crippen molar-refractivity contribution < 1.29 is 14.6 Å². The second-order valence-corrected chi connectivity index (χ2v) is 5.91. The number of benzene rings is 2. The quantitative estimate of drug-likeness (QED) is 0.778. The van der Waals surface area contributed by atoms with Gasteiger partial charge in [-0.05, 0) is 35.4 Å². The van der Waals surface area contributed by atoms with E-state index in [0.29, 0.717) is 17.9 Å². The van der Waals surface area contributed by atoms with E-state index >= 15 is 0 Å². The number of nitrogens with zero attached hydrogens (tertiary/aromatic N) is 2. The van der Waals surface area contributed by atoms with Crippen molar-refractivity contribution in [1.29, 1.82) is 0 Å². The number of fused-ring (bicyclic) bond motifs is 1. The van der Waals surface area contributed by atoms with Crippen molar-refractivity contribution in [2.45, 2.75) is 12.6 Å². The van der Waals surface area contributed by atoms with E-state index in [1.54, 1.807) is 44.6 Å². The van der Waals surface area contributed by atoms with Gasteiger partial charge in [0.1, 0.15) is 5.75 Å². The van der Waals surface area contributed by atoms with Crippen molar-refractivity contribution in [1.82, 2.24) is 9.88 Å². The molecule has 0 radical (unpaired) electrons. The summed E-state index contributed by atoms with van der Waals surface area (Å²) in [5.41, 5.74) is 2.37. The van der Waals surface area contributed by atoms with Crippen molar-refractivity contribution in [3.8, 4) is 5.75 Å². The van der Waals surface area contributed by atoms with Crippen LogP contribution in [0.5, 0.6) is 5.75 Å². The smallest absolute Gasteiger partial charge is 0.256 e. The van der Waals surface area contributed by atoms with Crippen molar-refractivity contribution in [3.63, 3.8) is 0 Å². The maximum atomic E-state index is 12.5. The standard InChI is InChI=1S/C20H20N2O3/c1-22(13-14-11-16-5-3-4-6-18(16)21-12-14)20(24)19(23)15-7-9-17(25-2)10-8-15/h3-12,19,23H,13H2,1-2H3/t19-/m1/s1. The Hall–Kier alpha value is -2.92. The van der Waals surface area contributed by atoms with Crippen LogP contribution in [-0.2, 0) is 11.3 Å². The van der Waals surface area contributed by atoms with Gasteiger partial charge in [0.15, 0.2) is 6.10 Å². The minimum absolute atomic E-state index is 0.363. The molecule has 0 aliphatic rings. The van der Waals surface area contributed by atoms with E-state index in [2.05, 4.69) is 4.98 Å². The number of pyridine rings is 1. The van der Waals surface area contributed by atoms with E-state index in [1.807, 2.05) is 30.3 Å². The average Bonchev–Trinajstić information content (AvgIpc) is 2.66. The maximum Gasteiger partial charge on any atom is 0.256 e. The van der Waals surface area contributed by atoms with Gasteiger partial charge < -0.3 is 14.7 Å². The molecule has 25 heavy (non-hydrogen) atoms. The second kappa shape index (κ2) is 7.32. The highest BCUT2D eigenvalue weighted by Gasteiger charge is 2.21. The van der Waals surface area contributed by atoms with Gasteiger partial charge in [-0.2, -0.15) is 0 Å². The molecule has 0 saturated carbocycles. The lowest BCUT2D eigenvalue weighted by molar-refractivity contribution is -0.139. The number of ether oxygens (including phenoxy) is 1. The molecule has 3 rings (SSSR count). The first-order chi connectivity index (χ1) is 12.1. The Bertz CT molecular complexity index is 878. The molecule has 0 aliphatic carbocycles. The van der Waals surface area contributed by atoms with Crippen LogP contribution < -0.4 is 4.74 Å². The number of hydrogen-bond acceptors (Lipinski definition) is 4. The Kier molecular flexibility index (Phi) is 4.95. The molecule has 0 spiro atoms. The molecule has 0 unspecified atom stereocenters. The normalized spacial score (nSPS) is 12.0. The molecule has 0 bridgehead atoms. The molecule has 1 heterocycles. The molecule has 5 heteroatoms. The highest BCUT2D eigenvalue weighted by atomic mass is 16.5. The van der Waals surface area contributed by atoms with Crippen LogP contribution in [-0.4, -0.2) is 35.1 Å². The zero-order valence-electron chi connectivity index (χ0n) is 14.2. The molecule has 1 N–H and O–H groups in total. The van der Waals surface area contributed by atoms with E-state index < -0.39 is 6.10 Å². The van der Waals surface area contributed by atoms with Gasteiger partial charge in [0.2, 0.25) is 0 Å². The molecule has 0 aliphatic heterocycles. The lowest BCUT2D eigenvalue weighted by atomic mass is 10.1. The van der Waals surface area contributed by atoms with Crippen LogP contribution >= 0.6 is 0 Å². The molecule has 1 amide bonds. The van der Waals surface area contributed by atoms with Gasteiger partial charge in [-0.3, -0.25) is 9.78 Å². The first-order valence-corrected chi connectivity index (χ1v) is 7.99. The molecule has 1 aromatic heterocycles. The summed E-state index contributed by atoms with van der Waals surface area (Å²) in [5, 5.41) is 11.3. The van der Waals surface area contributed by atoms with Crippen molar-refractivity contribution in [2.75, 3.05) is 14.2 Å². The number of aliphatic hydroxyl groups excluding tert-OH is 1. The minimum Gasteiger partial charge on any atom is -0.497 e. The zero-order chi connectivity index (χ0) is 17.8. The third kappa shape index (κ3) is 3.78. The van der Waals surface area contributed by atoms with Gasteiger partial charge in [-0.15, -0.1) is 0 Å². The number of carbonyl (C=O) groups is 1. The van der Waals surface area contributed by atoms with E-state index in [9.17, 15) is 9.90 Å². The predicted octanol–water partition coefficient (Wildman–Crippen LogP) is 2.94. The van der Waals surface area contributed by atoms with E-state index in [-0.39, 0.29) is 5.91 Å². The Balaban J connectivity index is 1.71. The maximum absolute atomic E-state index is 12.5. The van der Waals surface area contributed by atoms with Gasteiger partial charge in [-0.25, -0.2) is 0 Å². The fourth-order valence-corrected chi connectivity index (χ4v) is 2.69. The average molecular weight is 336 g/mol. The summed E-state index contributed by atoms with van der Waals surface area (Å²) in [4.78, 5) is 18.4. The Labute approximate surface area is 146 Å². The molecular weight excluding hydrogens is 316 g/mol. The molecule has 2 aromatic carbocycles. The third-order valence-electron chi connectivity index (χ3n) is 4.11. The van der Waals surface area contributed by atoms with Crippen molar-refractivity contribution >= 4 is 16.8 Å². The predicted molar refractivity (Wildman–Crippen MR) is 96.2 cm³/mol. The van der Waals surface area contributed by atoms with Crippen molar-refractivity contribution in [2.24, 2.45) is 0 Å². The van der Waals surface area contributed by atoms with Gasteiger partial charge in [0, 0.05) is 25.2 Å². The van der Waals surface area contributed by atoms with Gasteiger partial charge in [0.25, 0.3) is 5.91 Å². The van der Waals surface area contributed by atoms with Gasteiger partial charge >= 0.3 is 0 Å². The summed E-state index contributed by atoms with van der Waals surface area (Å²) < 4.78 is 5.09. The first kappa shape index (κ1) is 16.9. The minimum atomic E-state index is -1.20. The number of aromatic nitrogens is 1. The molecule has 1 atom stereocenters. The van der Waals surface area contributed by atoms with E-state index in [4.69, 9.17) is 4.74 Å². The Morgan fingerprint density at radius 3 is 2.64 bits per heavy atom. The highest BCUT2D eigenvalue weighted by molar-refractivity contribution is 5.82. The van der Waals surface area contributed by atoms with Gasteiger partial charge in [0.05, 0.1) is 12.6 Å². The monoisotopic (exact) mass is 336 g/mol. The zero-order valence-corrected chi connectivity index (χ0v) is 14.2. The SMILES string of the molecule is COc1ccc([C@@H](O)C(=O)N(C)Cc2cnc3ccccc3c2)cc1. The number of rotatable bonds is 5. The highest BCUT2D eigenvalue weighted by Crippen LogP contribution is 2.20. The first-order valence-electron chi connectivity index (χ1n) is 7.99. The third-order valence-corrected chi connectivity index (χ3v) is 4.11. The van der Waals surface area contributed by atoms with Crippen LogP contribution in [0, 0.1) is 0 Å². The lowest BCUT2D eigenvalue weighted by Gasteiger charge is -2.21. The number of amides is 1. The number of methoxy groups -OCH3 is 1.